The van der Waals surface area contributed by atoms with E-state index in [9.17, 15) is 9.18 Å². The van der Waals surface area contributed by atoms with E-state index in [2.05, 4.69) is 45.0 Å². The van der Waals surface area contributed by atoms with Crippen LogP contribution in [0.15, 0.2) is 78.9 Å². The van der Waals surface area contributed by atoms with Crippen molar-refractivity contribution in [3.8, 4) is 5.75 Å². The molecule has 0 spiro atoms. The number of aryl methyl sites for hydroxylation is 1. The molecule has 2 heterocycles. The summed E-state index contributed by atoms with van der Waals surface area (Å²) in [7, 11) is 1.61. The molecule has 0 saturated heterocycles. The molecule has 0 fully saturated rings. The molecule has 8 heteroatoms. The Kier molecular flexibility index (Phi) is 6.49. The van der Waals surface area contributed by atoms with Crippen molar-refractivity contribution in [1.29, 1.82) is 0 Å². The van der Waals surface area contributed by atoms with E-state index in [-0.39, 0.29) is 29.8 Å². The standard InChI is InChI=1S/C28H26FN5O2/c1-18-3-8-20(9-4-18)24-17-25(21-10-12-22(29)13-11-21)34-28(30-24)32-27(33-34)31-26(35)16-7-19-5-14-23(36-2)15-6-19/h3-16,24-25H,17H2,1-2H3,(H2,30,31,32,33,35). The number of hydrogen-bond donors (Lipinski definition) is 2. The molecule has 0 radical (unpaired) electrons. The van der Waals surface area contributed by atoms with Gasteiger partial charge in [-0.15, -0.1) is 5.10 Å². The molecule has 36 heavy (non-hydrogen) atoms. The van der Waals surface area contributed by atoms with Crippen LogP contribution >= 0.6 is 0 Å². The summed E-state index contributed by atoms with van der Waals surface area (Å²) < 4.78 is 20.5. The maximum Gasteiger partial charge on any atom is 0.250 e. The van der Waals surface area contributed by atoms with Gasteiger partial charge in [-0.2, -0.15) is 4.98 Å². The second-order valence-corrected chi connectivity index (χ2v) is 8.71. The lowest BCUT2D eigenvalue weighted by Crippen LogP contribution is -2.28. The number of amides is 1. The summed E-state index contributed by atoms with van der Waals surface area (Å²) in [5.74, 6) is 0.839. The Bertz CT molecular complexity index is 1380. The average molecular weight is 484 g/mol. The molecule has 1 aromatic heterocycles. The van der Waals surface area contributed by atoms with Crippen LogP contribution in [-0.2, 0) is 4.79 Å². The molecule has 2 atom stereocenters. The van der Waals surface area contributed by atoms with Crippen LogP contribution < -0.4 is 15.4 Å². The van der Waals surface area contributed by atoms with E-state index < -0.39 is 0 Å². The van der Waals surface area contributed by atoms with Gasteiger partial charge in [-0.3, -0.25) is 10.1 Å². The number of rotatable bonds is 6. The number of anilines is 2. The summed E-state index contributed by atoms with van der Waals surface area (Å²) in [5.41, 5.74) is 4.08. The minimum Gasteiger partial charge on any atom is -0.497 e. The van der Waals surface area contributed by atoms with Crippen molar-refractivity contribution in [3.63, 3.8) is 0 Å². The molecule has 5 rings (SSSR count). The number of carbonyl (C=O) groups excluding carboxylic acids is 1. The van der Waals surface area contributed by atoms with Crippen LogP contribution in [0.4, 0.5) is 16.3 Å². The van der Waals surface area contributed by atoms with Crippen molar-refractivity contribution in [3.05, 3.63) is 107 Å². The van der Waals surface area contributed by atoms with Crippen LogP contribution in [0.5, 0.6) is 5.75 Å². The van der Waals surface area contributed by atoms with E-state index in [1.54, 1.807) is 30.0 Å². The first-order valence-electron chi connectivity index (χ1n) is 11.7. The minimum absolute atomic E-state index is 0.0177. The molecular formula is C28H26FN5O2. The van der Waals surface area contributed by atoms with Crippen LogP contribution in [0.3, 0.4) is 0 Å². The number of methoxy groups -OCH3 is 1. The first kappa shape index (κ1) is 23.3. The number of fused-ring (bicyclic) bond motifs is 1. The molecule has 7 nitrogen and oxygen atoms in total. The Morgan fingerprint density at radius 1 is 1.06 bits per heavy atom. The number of hydrogen-bond acceptors (Lipinski definition) is 5. The summed E-state index contributed by atoms with van der Waals surface area (Å²) in [5, 5.41) is 10.7. The molecule has 3 aromatic carbocycles. The zero-order chi connectivity index (χ0) is 25.1. The molecular weight excluding hydrogens is 457 g/mol. The molecule has 2 N–H and O–H groups in total. The first-order chi connectivity index (χ1) is 17.5. The van der Waals surface area contributed by atoms with Crippen LogP contribution in [-0.4, -0.2) is 27.8 Å². The van der Waals surface area contributed by atoms with Crippen molar-refractivity contribution in [2.24, 2.45) is 0 Å². The zero-order valence-corrected chi connectivity index (χ0v) is 20.0. The van der Waals surface area contributed by atoms with Gasteiger partial charge in [0.15, 0.2) is 0 Å². The third-order valence-corrected chi connectivity index (χ3v) is 6.20. The second-order valence-electron chi connectivity index (χ2n) is 8.71. The van der Waals surface area contributed by atoms with Crippen molar-refractivity contribution >= 4 is 23.9 Å². The molecule has 0 saturated carbocycles. The van der Waals surface area contributed by atoms with E-state index >= 15 is 0 Å². The fourth-order valence-corrected chi connectivity index (χ4v) is 4.25. The van der Waals surface area contributed by atoms with Gasteiger partial charge in [0.25, 0.3) is 11.9 Å². The lowest BCUT2D eigenvalue weighted by molar-refractivity contribution is -0.111. The number of nitrogens with one attached hydrogen (secondary N) is 2. The van der Waals surface area contributed by atoms with Gasteiger partial charge in [0.2, 0.25) is 5.95 Å². The van der Waals surface area contributed by atoms with Gasteiger partial charge in [-0.1, -0.05) is 54.1 Å². The number of aromatic nitrogens is 3. The summed E-state index contributed by atoms with van der Waals surface area (Å²) >= 11 is 0. The first-order valence-corrected chi connectivity index (χ1v) is 11.7. The fourth-order valence-electron chi connectivity index (χ4n) is 4.25. The van der Waals surface area contributed by atoms with Crippen LogP contribution in [0.25, 0.3) is 6.08 Å². The highest BCUT2D eigenvalue weighted by Gasteiger charge is 2.31. The number of ether oxygens (including phenoxy) is 1. The van der Waals surface area contributed by atoms with Gasteiger partial charge in [0, 0.05) is 6.08 Å². The summed E-state index contributed by atoms with van der Waals surface area (Å²) in [4.78, 5) is 17.1. The Labute approximate surface area is 208 Å². The van der Waals surface area contributed by atoms with Gasteiger partial charge in [-0.25, -0.2) is 9.07 Å². The predicted octanol–water partition coefficient (Wildman–Crippen LogP) is 5.53. The average Bonchev–Trinajstić information content (AvgIpc) is 3.30. The zero-order valence-electron chi connectivity index (χ0n) is 20.0. The predicted molar refractivity (Wildman–Crippen MR) is 137 cm³/mol. The number of benzene rings is 3. The number of nitrogens with zero attached hydrogens (tertiary/aromatic N) is 3. The summed E-state index contributed by atoms with van der Waals surface area (Å²) in [6.07, 6.45) is 3.83. The van der Waals surface area contributed by atoms with E-state index in [1.165, 1.54) is 23.8 Å². The number of carbonyl (C=O) groups is 1. The maximum atomic E-state index is 13.6. The lowest BCUT2D eigenvalue weighted by atomic mass is 9.93. The molecule has 1 aliphatic heterocycles. The normalized spacial score (nSPS) is 16.9. The van der Waals surface area contributed by atoms with Crippen molar-refractivity contribution in [2.45, 2.75) is 25.4 Å². The van der Waals surface area contributed by atoms with Gasteiger partial charge >= 0.3 is 0 Å². The molecule has 1 aliphatic rings. The van der Waals surface area contributed by atoms with Gasteiger partial charge in [0.1, 0.15) is 11.6 Å². The highest BCUT2D eigenvalue weighted by Crippen LogP contribution is 2.38. The van der Waals surface area contributed by atoms with Gasteiger partial charge in [-0.05, 0) is 60.4 Å². The van der Waals surface area contributed by atoms with E-state index in [0.29, 0.717) is 12.4 Å². The Hall–Kier alpha value is -4.46. The van der Waals surface area contributed by atoms with Gasteiger partial charge in [0.05, 0.1) is 19.2 Å². The molecule has 2 unspecified atom stereocenters. The fraction of sp³-hybridized carbons (Fsp3) is 0.179. The SMILES string of the molecule is COc1ccc(C=CC(=O)Nc2nc3n(n2)C(c2ccc(F)cc2)CC(c2ccc(C)cc2)N3)cc1. The van der Waals surface area contributed by atoms with E-state index in [4.69, 9.17) is 4.74 Å². The third-order valence-electron chi connectivity index (χ3n) is 6.20. The highest BCUT2D eigenvalue weighted by molar-refractivity contribution is 6.00. The van der Waals surface area contributed by atoms with Crippen LogP contribution in [0, 0.1) is 12.7 Å². The van der Waals surface area contributed by atoms with Crippen molar-refractivity contribution in [2.75, 3.05) is 17.7 Å². The minimum atomic E-state index is -0.345. The van der Waals surface area contributed by atoms with E-state index in [1.807, 2.05) is 31.2 Å². The highest BCUT2D eigenvalue weighted by atomic mass is 19.1. The molecule has 182 valence electrons. The smallest absolute Gasteiger partial charge is 0.250 e. The number of halogens is 1. The third kappa shape index (κ3) is 5.12. The summed E-state index contributed by atoms with van der Waals surface area (Å²) in [6, 6.07) is 21.9. The molecule has 1 amide bonds. The van der Waals surface area contributed by atoms with Gasteiger partial charge < -0.3 is 10.1 Å². The van der Waals surface area contributed by atoms with Crippen molar-refractivity contribution < 1.29 is 13.9 Å². The largest absolute Gasteiger partial charge is 0.497 e. The monoisotopic (exact) mass is 483 g/mol. The Morgan fingerprint density at radius 3 is 2.44 bits per heavy atom. The lowest BCUT2D eigenvalue weighted by Gasteiger charge is -2.31. The molecule has 0 bridgehead atoms. The second kappa shape index (κ2) is 10.0. The maximum absolute atomic E-state index is 13.6. The topological polar surface area (TPSA) is 81.1 Å². The quantitative estimate of drug-likeness (QED) is 0.352. The Morgan fingerprint density at radius 2 is 1.75 bits per heavy atom. The van der Waals surface area contributed by atoms with E-state index in [0.717, 1.165) is 22.4 Å². The van der Waals surface area contributed by atoms with Crippen LogP contribution in [0.2, 0.25) is 0 Å². The Balaban J connectivity index is 1.39. The van der Waals surface area contributed by atoms with Crippen molar-refractivity contribution in [1.82, 2.24) is 14.8 Å². The molecule has 0 aliphatic carbocycles. The van der Waals surface area contributed by atoms with Crippen LogP contribution in [0.1, 0.15) is 40.8 Å². The summed E-state index contributed by atoms with van der Waals surface area (Å²) in [6.45, 7) is 2.05. The molecule has 4 aromatic rings.